The van der Waals surface area contributed by atoms with Gasteiger partial charge in [0.1, 0.15) is 18.9 Å². The van der Waals surface area contributed by atoms with Crippen LogP contribution in [0.15, 0.2) is 65.4 Å². The Kier molecular flexibility index (Phi) is 5.35. The minimum absolute atomic E-state index is 0.228. The van der Waals surface area contributed by atoms with Crippen LogP contribution in [0.25, 0.3) is 11.1 Å². The van der Waals surface area contributed by atoms with Gasteiger partial charge in [-0.1, -0.05) is 53.7 Å². The van der Waals surface area contributed by atoms with Crippen LogP contribution in [0.2, 0.25) is 0 Å². The highest BCUT2D eigenvalue weighted by Crippen LogP contribution is 2.48. The number of hydrogen-bond donors (Lipinski definition) is 1. The fraction of sp³-hybridized carbons (Fsp3) is 0.385. The van der Waals surface area contributed by atoms with Gasteiger partial charge in [-0.3, -0.25) is 0 Å². The Morgan fingerprint density at radius 2 is 1.84 bits per heavy atom. The van der Waals surface area contributed by atoms with Crippen molar-refractivity contribution in [3.05, 3.63) is 77.7 Å². The van der Waals surface area contributed by atoms with E-state index in [0.29, 0.717) is 17.7 Å². The lowest BCUT2D eigenvalue weighted by Crippen LogP contribution is -2.51. The predicted octanol–water partition coefficient (Wildman–Crippen LogP) is 3.68. The zero-order chi connectivity index (χ0) is 22.2. The number of ether oxygens (including phenoxy) is 1. The van der Waals surface area contributed by atoms with Gasteiger partial charge in [-0.05, 0) is 17.5 Å². The van der Waals surface area contributed by atoms with Gasteiger partial charge in [0.05, 0.1) is 25.8 Å². The topological polar surface area (TPSA) is 72.6 Å². The van der Waals surface area contributed by atoms with E-state index in [2.05, 4.69) is 12.2 Å². The molecule has 2 aromatic carbocycles. The maximum atomic E-state index is 13.3. The molecule has 1 N–H and O–H groups in total. The second-order valence-electron chi connectivity index (χ2n) is 9.22. The van der Waals surface area contributed by atoms with Crippen molar-refractivity contribution in [2.24, 2.45) is 0 Å². The Hall–Kier alpha value is -2.96. The minimum Gasteiger partial charge on any atom is -0.457 e. The van der Waals surface area contributed by atoms with E-state index in [0.717, 1.165) is 60.1 Å². The fourth-order valence-electron chi connectivity index (χ4n) is 5.44. The number of aryl methyl sites for hydroxylation is 1. The summed E-state index contributed by atoms with van der Waals surface area (Å²) < 4.78 is 11.6. The first-order chi connectivity index (χ1) is 15.5. The quantitative estimate of drug-likeness (QED) is 0.455. The Balaban J connectivity index is 1.29. The maximum Gasteiger partial charge on any atom is 0.347 e. The molecule has 3 aromatic rings. The first-order valence-corrected chi connectivity index (χ1v) is 11.3. The largest absolute Gasteiger partial charge is 0.457 e. The molecule has 2 aliphatic rings. The van der Waals surface area contributed by atoms with Crippen LogP contribution < -0.4 is 0 Å². The van der Waals surface area contributed by atoms with Gasteiger partial charge < -0.3 is 18.8 Å². The van der Waals surface area contributed by atoms with Gasteiger partial charge in [0.15, 0.2) is 0 Å². The zero-order valence-electron chi connectivity index (χ0n) is 18.4. The van der Waals surface area contributed by atoms with Gasteiger partial charge in [0.25, 0.3) is 0 Å². The number of fused-ring (bicyclic) bond motifs is 3. The Morgan fingerprint density at radius 3 is 2.50 bits per heavy atom. The van der Waals surface area contributed by atoms with E-state index in [4.69, 9.17) is 9.26 Å². The molecule has 1 fully saturated rings. The molecule has 32 heavy (non-hydrogen) atoms. The molecule has 2 atom stereocenters. The predicted molar refractivity (Wildman–Crippen MR) is 120 cm³/mol. The van der Waals surface area contributed by atoms with Crippen LogP contribution >= 0.6 is 0 Å². The van der Waals surface area contributed by atoms with Crippen molar-refractivity contribution in [3.8, 4) is 11.1 Å². The number of hydrogen-bond acceptors (Lipinski definition) is 5. The Labute approximate surface area is 188 Å². The minimum atomic E-state index is -1.76. The third kappa shape index (κ3) is 3.44. The second kappa shape index (κ2) is 8.19. The molecule has 1 aromatic heterocycles. The molecular formula is C26H29N2O4+. The second-order valence-corrected chi connectivity index (χ2v) is 9.22. The van der Waals surface area contributed by atoms with Gasteiger partial charge in [0, 0.05) is 36.5 Å². The molecule has 0 radical (unpaired) electrons. The molecule has 0 bridgehead atoms. The molecular weight excluding hydrogens is 404 g/mol. The van der Waals surface area contributed by atoms with Crippen LogP contribution in [-0.2, 0) is 21.6 Å². The molecule has 1 saturated heterocycles. The fourth-order valence-corrected chi connectivity index (χ4v) is 5.44. The van der Waals surface area contributed by atoms with E-state index in [9.17, 15) is 9.90 Å². The molecule has 5 rings (SSSR count). The number of benzene rings is 2. The van der Waals surface area contributed by atoms with Crippen molar-refractivity contribution in [2.75, 3.05) is 26.7 Å². The molecule has 1 aliphatic heterocycles. The van der Waals surface area contributed by atoms with Gasteiger partial charge in [-0.2, -0.15) is 0 Å². The molecule has 6 heteroatoms. The molecule has 1 aliphatic carbocycles. The average molecular weight is 434 g/mol. The summed E-state index contributed by atoms with van der Waals surface area (Å²) in [7, 11) is 2.24. The summed E-state index contributed by atoms with van der Waals surface area (Å²) in [5.41, 5.74) is 2.18. The van der Waals surface area contributed by atoms with E-state index in [-0.39, 0.29) is 6.04 Å². The summed E-state index contributed by atoms with van der Waals surface area (Å²) in [5.74, 6) is -0.587. The molecule has 0 spiro atoms. The lowest BCUT2D eigenvalue weighted by atomic mass is 9.91. The molecule has 0 saturated carbocycles. The van der Waals surface area contributed by atoms with Crippen LogP contribution in [-0.4, -0.2) is 53.5 Å². The SMILES string of the molecule is C[N@+]1(CCCc2ccon2)CCCC1COC(=O)C1(O)c2ccccc2-c2ccccc21. The summed E-state index contributed by atoms with van der Waals surface area (Å²) in [6.07, 6.45) is 5.61. The summed E-state index contributed by atoms with van der Waals surface area (Å²) in [4.78, 5) is 13.3. The number of nitrogens with zero attached hydrogens (tertiary/aromatic N) is 2. The number of esters is 1. The number of aromatic nitrogens is 1. The third-order valence-electron chi connectivity index (χ3n) is 7.31. The van der Waals surface area contributed by atoms with Crippen LogP contribution in [0.5, 0.6) is 0 Å². The normalized spacial score (nSPS) is 23.0. The highest BCUT2D eigenvalue weighted by atomic mass is 16.6. The number of likely N-dealkylation sites (N-methyl/N-ethyl adjacent to an activating group) is 1. The highest BCUT2D eigenvalue weighted by Gasteiger charge is 2.50. The van der Waals surface area contributed by atoms with Crippen LogP contribution in [0.1, 0.15) is 36.1 Å². The summed E-state index contributed by atoms with van der Waals surface area (Å²) in [6, 6.07) is 17.2. The lowest BCUT2D eigenvalue weighted by molar-refractivity contribution is -0.921. The van der Waals surface area contributed by atoms with Crippen LogP contribution in [0.4, 0.5) is 0 Å². The number of carbonyl (C=O) groups is 1. The van der Waals surface area contributed by atoms with Crippen molar-refractivity contribution in [1.29, 1.82) is 0 Å². The number of quaternary nitrogens is 1. The number of rotatable bonds is 7. The summed E-state index contributed by atoms with van der Waals surface area (Å²) in [5, 5.41) is 15.6. The summed E-state index contributed by atoms with van der Waals surface area (Å²) >= 11 is 0. The molecule has 6 nitrogen and oxygen atoms in total. The Bertz CT molecular complexity index is 1070. The smallest absolute Gasteiger partial charge is 0.347 e. The Morgan fingerprint density at radius 1 is 1.16 bits per heavy atom. The summed E-state index contributed by atoms with van der Waals surface area (Å²) in [6.45, 7) is 2.37. The number of aliphatic hydroxyl groups is 1. The molecule has 2 heterocycles. The van der Waals surface area contributed by atoms with Crippen molar-refractivity contribution in [1.82, 2.24) is 5.16 Å². The first kappa shape index (κ1) is 20.9. The average Bonchev–Trinajstić information content (AvgIpc) is 3.52. The first-order valence-electron chi connectivity index (χ1n) is 11.3. The highest BCUT2D eigenvalue weighted by molar-refractivity contribution is 5.96. The van der Waals surface area contributed by atoms with E-state index in [1.807, 2.05) is 54.6 Å². The van der Waals surface area contributed by atoms with Gasteiger partial charge in [-0.15, -0.1) is 0 Å². The van der Waals surface area contributed by atoms with E-state index in [1.165, 1.54) is 0 Å². The monoisotopic (exact) mass is 433 g/mol. The zero-order valence-corrected chi connectivity index (χ0v) is 18.4. The van der Waals surface area contributed by atoms with Gasteiger partial charge >= 0.3 is 5.97 Å². The number of carbonyl (C=O) groups excluding carboxylic acids is 1. The van der Waals surface area contributed by atoms with Crippen LogP contribution in [0, 0.1) is 0 Å². The van der Waals surface area contributed by atoms with Crippen LogP contribution in [0.3, 0.4) is 0 Å². The molecule has 0 amide bonds. The van der Waals surface area contributed by atoms with Crippen molar-refractivity contribution in [2.45, 2.75) is 37.3 Å². The molecule has 166 valence electrons. The van der Waals surface area contributed by atoms with Crippen molar-refractivity contribution in [3.63, 3.8) is 0 Å². The van der Waals surface area contributed by atoms with E-state index >= 15 is 0 Å². The van der Waals surface area contributed by atoms with Gasteiger partial charge in [-0.25, -0.2) is 4.79 Å². The van der Waals surface area contributed by atoms with Crippen molar-refractivity contribution >= 4 is 5.97 Å². The lowest BCUT2D eigenvalue weighted by Gasteiger charge is -2.36. The van der Waals surface area contributed by atoms with Crippen molar-refractivity contribution < 1.29 is 23.6 Å². The maximum absolute atomic E-state index is 13.3. The number of likely N-dealkylation sites (tertiary alicyclic amines) is 1. The van der Waals surface area contributed by atoms with E-state index in [1.54, 1.807) is 6.26 Å². The van der Waals surface area contributed by atoms with Gasteiger partial charge in [0.2, 0.25) is 5.60 Å². The third-order valence-corrected chi connectivity index (χ3v) is 7.31. The standard InChI is InChI=1S/C26H29N2O4/c1-28(15-6-8-19-14-17-32-27-19)16-7-9-20(28)18-31-25(29)26(30)23-12-4-2-10-21(23)22-11-3-5-13-24(22)26/h2-5,10-14,17,20,30H,6-9,15-16,18H2,1H3/q+1/t20?,28-/m0/s1. The van der Waals surface area contributed by atoms with E-state index < -0.39 is 11.6 Å². The molecule has 1 unspecified atom stereocenters.